The van der Waals surface area contributed by atoms with Gasteiger partial charge in [-0.05, 0) is 32.1 Å². The molecule has 1 aliphatic rings. The molecule has 0 amide bonds. The molecule has 1 aliphatic heterocycles. The Bertz CT molecular complexity index is 138. The molecule has 0 spiro atoms. The Morgan fingerprint density at radius 3 is 2.80 bits per heavy atom. The van der Waals surface area contributed by atoms with Crippen LogP contribution in [0.4, 0.5) is 0 Å². The maximum Gasteiger partial charge on any atom is 0.157 e. The van der Waals surface area contributed by atoms with Gasteiger partial charge in [-0.25, -0.2) is 0 Å². The normalized spacial score (nSPS) is 21.8. The first kappa shape index (κ1) is 13.4. The van der Waals surface area contributed by atoms with Crippen molar-refractivity contribution in [2.24, 2.45) is 0 Å². The van der Waals surface area contributed by atoms with Crippen LogP contribution in [-0.4, -0.2) is 38.0 Å². The first-order valence-corrected chi connectivity index (χ1v) is 6.92. The van der Waals surface area contributed by atoms with E-state index in [0.717, 1.165) is 31.4 Å². The van der Waals surface area contributed by atoms with Gasteiger partial charge in [-0.15, -0.1) is 0 Å². The average Bonchev–Trinajstić information content (AvgIpc) is 2.29. The predicted molar refractivity (Wildman–Crippen MR) is 63.4 cm³/mol. The Hall–Kier alpha value is 0.360. The molecule has 0 saturated carbocycles. The minimum Gasteiger partial charge on any atom is -0.379 e. The predicted octanol–water partition coefficient (Wildman–Crippen LogP) is 2.72. The molecule has 1 unspecified atom stereocenters. The maximum absolute atomic E-state index is 5.53. The van der Waals surface area contributed by atoms with Gasteiger partial charge in [-0.3, -0.25) is 0 Å². The molecule has 0 radical (unpaired) electrons. The molecule has 0 aromatic carbocycles. The van der Waals surface area contributed by atoms with E-state index in [1.165, 1.54) is 19.3 Å². The molecule has 4 heteroatoms. The minimum atomic E-state index is 0.0184. The van der Waals surface area contributed by atoms with Crippen LogP contribution in [0, 0.1) is 0 Å². The Balaban J connectivity index is 1.79. The summed E-state index contributed by atoms with van der Waals surface area (Å²) in [7, 11) is 0. The zero-order valence-corrected chi connectivity index (χ0v) is 10.8. The Labute approximate surface area is 101 Å². The van der Waals surface area contributed by atoms with E-state index in [1.807, 2.05) is 0 Å². The van der Waals surface area contributed by atoms with Crippen LogP contribution in [0.15, 0.2) is 0 Å². The van der Waals surface area contributed by atoms with Crippen molar-refractivity contribution in [3.63, 3.8) is 0 Å². The van der Waals surface area contributed by atoms with Crippen molar-refractivity contribution in [2.75, 3.05) is 31.8 Å². The van der Waals surface area contributed by atoms with Gasteiger partial charge in [0.25, 0.3) is 0 Å². The van der Waals surface area contributed by atoms with Crippen LogP contribution in [0.1, 0.15) is 32.1 Å². The smallest absolute Gasteiger partial charge is 0.157 e. The molecular formula is C11H21BrO3. The highest BCUT2D eigenvalue weighted by Crippen LogP contribution is 2.13. The topological polar surface area (TPSA) is 27.7 Å². The van der Waals surface area contributed by atoms with Crippen molar-refractivity contribution in [3.8, 4) is 0 Å². The Kier molecular flexibility index (Phi) is 8.57. The van der Waals surface area contributed by atoms with E-state index >= 15 is 0 Å². The van der Waals surface area contributed by atoms with Crippen LogP contribution < -0.4 is 0 Å². The van der Waals surface area contributed by atoms with Gasteiger partial charge in [0, 0.05) is 18.5 Å². The standard InChI is InChI=1S/C11H21BrO3/c12-6-2-4-7-13-9-10-15-11-5-1-3-8-14-11/h11H,1-10H2. The van der Waals surface area contributed by atoms with E-state index in [4.69, 9.17) is 14.2 Å². The number of hydrogen-bond donors (Lipinski definition) is 0. The monoisotopic (exact) mass is 280 g/mol. The maximum atomic E-state index is 5.53. The van der Waals surface area contributed by atoms with Crippen molar-refractivity contribution < 1.29 is 14.2 Å². The SMILES string of the molecule is BrCCCCOCCOC1CCCCO1. The summed E-state index contributed by atoms with van der Waals surface area (Å²) in [5, 5.41) is 1.06. The fraction of sp³-hybridized carbons (Fsp3) is 1.00. The van der Waals surface area contributed by atoms with Crippen LogP contribution in [0.5, 0.6) is 0 Å². The summed E-state index contributed by atoms with van der Waals surface area (Å²) < 4.78 is 16.4. The summed E-state index contributed by atoms with van der Waals surface area (Å²) in [6, 6.07) is 0. The van der Waals surface area contributed by atoms with Crippen molar-refractivity contribution in [1.82, 2.24) is 0 Å². The number of ether oxygens (including phenoxy) is 3. The summed E-state index contributed by atoms with van der Waals surface area (Å²) in [6.07, 6.45) is 5.73. The fourth-order valence-corrected chi connectivity index (χ4v) is 1.88. The third-order valence-corrected chi connectivity index (χ3v) is 2.90. The third kappa shape index (κ3) is 7.28. The van der Waals surface area contributed by atoms with Gasteiger partial charge in [0.1, 0.15) is 0 Å². The van der Waals surface area contributed by atoms with Crippen LogP contribution in [0.2, 0.25) is 0 Å². The number of rotatable bonds is 8. The Morgan fingerprint density at radius 2 is 2.07 bits per heavy atom. The molecule has 1 saturated heterocycles. The van der Waals surface area contributed by atoms with Crippen molar-refractivity contribution in [1.29, 1.82) is 0 Å². The van der Waals surface area contributed by atoms with Gasteiger partial charge < -0.3 is 14.2 Å². The molecule has 1 atom stereocenters. The Morgan fingerprint density at radius 1 is 1.13 bits per heavy atom. The van der Waals surface area contributed by atoms with Crippen molar-refractivity contribution in [2.45, 2.75) is 38.4 Å². The number of hydrogen-bond acceptors (Lipinski definition) is 3. The van der Waals surface area contributed by atoms with E-state index in [-0.39, 0.29) is 6.29 Å². The zero-order chi connectivity index (χ0) is 10.8. The molecule has 90 valence electrons. The molecular weight excluding hydrogens is 260 g/mol. The lowest BCUT2D eigenvalue weighted by Gasteiger charge is -2.22. The number of halogens is 1. The zero-order valence-electron chi connectivity index (χ0n) is 9.25. The largest absolute Gasteiger partial charge is 0.379 e. The first-order chi connectivity index (χ1) is 7.43. The lowest BCUT2D eigenvalue weighted by atomic mass is 10.2. The van der Waals surface area contributed by atoms with Gasteiger partial charge in [-0.1, -0.05) is 15.9 Å². The highest BCUT2D eigenvalue weighted by atomic mass is 79.9. The van der Waals surface area contributed by atoms with Gasteiger partial charge in [0.05, 0.1) is 13.2 Å². The molecule has 0 aromatic rings. The van der Waals surface area contributed by atoms with E-state index in [9.17, 15) is 0 Å². The van der Waals surface area contributed by atoms with Crippen LogP contribution in [-0.2, 0) is 14.2 Å². The molecule has 0 bridgehead atoms. The molecule has 0 N–H and O–H groups in total. The van der Waals surface area contributed by atoms with E-state index < -0.39 is 0 Å². The van der Waals surface area contributed by atoms with E-state index in [0.29, 0.717) is 13.2 Å². The van der Waals surface area contributed by atoms with Crippen LogP contribution >= 0.6 is 15.9 Å². The molecule has 3 nitrogen and oxygen atoms in total. The molecule has 1 heterocycles. The van der Waals surface area contributed by atoms with Crippen LogP contribution in [0.25, 0.3) is 0 Å². The second kappa shape index (κ2) is 9.58. The highest BCUT2D eigenvalue weighted by molar-refractivity contribution is 9.09. The molecule has 0 aromatic heterocycles. The summed E-state index contributed by atoms with van der Waals surface area (Å²) >= 11 is 3.39. The lowest BCUT2D eigenvalue weighted by Crippen LogP contribution is -2.24. The van der Waals surface area contributed by atoms with Gasteiger partial charge in [0.15, 0.2) is 6.29 Å². The average molecular weight is 281 g/mol. The fourth-order valence-electron chi connectivity index (χ4n) is 1.48. The molecule has 0 aliphatic carbocycles. The molecule has 1 fully saturated rings. The van der Waals surface area contributed by atoms with Crippen molar-refractivity contribution in [3.05, 3.63) is 0 Å². The number of unbranched alkanes of at least 4 members (excludes halogenated alkanes) is 1. The van der Waals surface area contributed by atoms with Gasteiger partial charge in [-0.2, -0.15) is 0 Å². The molecule has 1 rings (SSSR count). The summed E-state index contributed by atoms with van der Waals surface area (Å²) in [6.45, 7) is 3.01. The second-order valence-corrected chi connectivity index (χ2v) is 4.47. The van der Waals surface area contributed by atoms with Gasteiger partial charge >= 0.3 is 0 Å². The van der Waals surface area contributed by atoms with E-state index in [2.05, 4.69) is 15.9 Å². The summed E-state index contributed by atoms with van der Waals surface area (Å²) in [4.78, 5) is 0. The highest BCUT2D eigenvalue weighted by Gasteiger charge is 2.13. The summed E-state index contributed by atoms with van der Waals surface area (Å²) in [5.74, 6) is 0. The molecule has 15 heavy (non-hydrogen) atoms. The lowest BCUT2D eigenvalue weighted by molar-refractivity contribution is -0.169. The first-order valence-electron chi connectivity index (χ1n) is 5.80. The van der Waals surface area contributed by atoms with E-state index in [1.54, 1.807) is 0 Å². The van der Waals surface area contributed by atoms with Gasteiger partial charge in [0.2, 0.25) is 0 Å². The minimum absolute atomic E-state index is 0.0184. The second-order valence-electron chi connectivity index (χ2n) is 3.68. The van der Waals surface area contributed by atoms with Crippen molar-refractivity contribution >= 4 is 15.9 Å². The number of alkyl halides is 1. The van der Waals surface area contributed by atoms with Crippen LogP contribution in [0.3, 0.4) is 0 Å². The summed E-state index contributed by atoms with van der Waals surface area (Å²) in [5.41, 5.74) is 0. The third-order valence-electron chi connectivity index (χ3n) is 2.34. The quantitative estimate of drug-likeness (QED) is 0.506.